The van der Waals surface area contributed by atoms with E-state index in [1.807, 2.05) is 0 Å². The minimum absolute atomic E-state index is 0.189. The highest BCUT2D eigenvalue weighted by Crippen LogP contribution is 2.25. The van der Waals surface area contributed by atoms with Gasteiger partial charge in [-0.1, -0.05) is 0 Å². The molecule has 0 aromatic heterocycles. The van der Waals surface area contributed by atoms with E-state index in [0.717, 1.165) is 44.7 Å². The highest BCUT2D eigenvalue weighted by atomic mass is 16.6. The molecule has 2 rings (SSSR count). The predicted molar refractivity (Wildman–Crippen MR) is 81.9 cm³/mol. The average Bonchev–Trinajstić information content (AvgIpc) is 2.49. The summed E-state index contributed by atoms with van der Waals surface area (Å²) in [6.45, 7) is 5.34. The summed E-state index contributed by atoms with van der Waals surface area (Å²) >= 11 is 0. The molecule has 0 radical (unpaired) electrons. The van der Waals surface area contributed by atoms with Crippen molar-refractivity contribution in [3.63, 3.8) is 0 Å². The summed E-state index contributed by atoms with van der Waals surface area (Å²) in [5.74, 6) is 0.676. The molecule has 0 aliphatic carbocycles. The first-order chi connectivity index (χ1) is 10.1. The first kappa shape index (κ1) is 15.7. The summed E-state index contributed by atoms with van der Waals surface area (Å²) in [7, 11) is 3.71. The molecule has 1 fully saturated rings. The number of hydrogen-bond acceptors (Lipinski definition) is 5. The maximum atomic E-state index is 11.1. The molecule has 0 saturated carbocycles. The Morgan fingerprint density at radius 3 is 2.62 bits per heavy atom. The third kappa shape index (κ3) is 4.41. The van der Waals surface area contributed by atoms with Crippen LogP contribution in [-0.2, 0) is 6.42 Å². The van der Waals surface area contributed by atoms with Crippen molar-refractivity contribution in [2.75, 3.05) is 46.9 Å². The smallest absolute Gasteiger partial charge is 0.272 e. The maximum Gasteiger partial charge on any atom is 0.272 e. The van der Waals surface area contributed by atoms with Crippen LogP contribution >= 0.6 is 0 Å². The zero-order valence-corrected chi connectivity index (χ0v) is 12.7. The van der Waals surface area contributed by atoms with Gasteiger partial charge in [0.1, 0.15) is 5.75 Å². The first-order valence-electron chi connectivity index (χ1n) is 7.32. The van der Waals surface area contributed by atoms with Gasteiger partial charge in [0.25, 0.3) is 5.69 Å². The standard InChI is InChI=1S/C15H23N3O3/c1-16-8-10-17(11-9-16)7-3-4-13-12-14(21-2)5-6-15(13)18(19)20/h5-6,12H,3-4,7-11H2,1-2H3. The summed E-state index contributed by atoms with van der Waals surface area (Å²) in [6, 6.07) is 4.95. The van der Waals surface area contributed by atoms with Gasteiger partial charge in [-0.15, -0.1) is 0 Å². The molecule has 1 aliphatic rings. The number of rotatable bonds is 6. The Bertz CT molecular complexity index is 485. The number of ether oxygens (including phenoxy) is 1. The molecule has 0 amide bonds. The zero-order valence-electron chi connectivity index (χ0n) is 12.7. The maximum absolute atomic E-state index is 11.1. The van der Waals surface area contributed by atoms with E-state index in [1.165, 1.54) is 6.07 Å². The molecule has 0 atom stereocenters. The molecule has 0 N–H and O–H groups in total. The lowest BCUT2D eigenvalue weighted by atomic mass is 10.1. The second kappa shape index (κ2) is 7.38. The zero-order chi connectivity index (χ0) is 15.2. The fourth-order valence-electron chi connectivity index (χ4n) is 2.63. The molecular formula is C15H23N3O3. The van der Waals surface area contributed by atoms with E-state index in [-0.39, 0.29) is 10.6 Å². The van der Waals surface area contributed by atoms with Crippen LogP contribution in [0.25, 0.3) is 0 Å². The van der Waals surface area contributed by atoms with Gasteiger partial charge in [-0.25, -0.2) is 0 Å². The molecule has 6 heteroatoms. The lowest BCUT2D eigenvalue weighted by Gasteiger charge is -2.32. The van der Waals surface area contributed by atoms with E-state index in [4.69, 9.17) is 4.74 Å². The van der Waals surface area contributed by atoms with Gasteiger partial charge in [-0.05, 0) is 38.6 Å². The van der Waals surface area contributed by atoms with Crippen LogP contribution in [0.3, 0.4) is 0 Å². The van der Waals surface area contributed by atoms with Crippen LogP contribution in [0.4, 0.5) is 5.69 Å². The normalized spacial score (nSPS) is 16.9. The fourth-order valence-corrected chi connectivity index (χ4v) is 2.63. The van der Waals surface area contributed by atoms with Crippen molar-refractivity contribution in [3.8, 4) is 5.75 Å². The van der Waals surface area contributed by atoms with Gasteiger partial charge < -0.3 is 14.5 Å². The summed E-state index contributed by atoms with van der Waals surface area (Å²) in [5.41, 5.74) is 0.947. The summed E-state index contributed by atoms with van der Waals surface area (Å²) < 4.78 is 5.16. The largest absolute Gasteiger partial charge is 0.497 e. The van der Waals surface area contributed by atoms with Crippen molar-refractivity contribution in [2.45, 2.75) is 12.8 Å². The van der Waals surface area contributed by atoms with Gasteiger partial charge in [0.15, 0.2) is 0 Å². The number of nitrogens with zero attached hydrogens (tertiary/aromatic N) is 3. The third-order valence-electron chi connectivity index (χ3n) is 4.00. The first-order valence-corrected chi connectivity index (χ1v) is 7.32. The van der Waals surface area contributed by atoms with Gasteiger partial charge in [0.05, 0.1) is 12.0 Å². The van der Waals surface area contributed by atoms with Crippen molar-refractivity contribution >= 4 is 5.69 Å². The van der Waals surface area contributed by atoms with Gasteiger partial charge >= 0.3 is 0 Å². The van der Waals surface area contributed by atoms with Crippen LogP contribution in [0.5, 0.6) is 5.75 Å². The molecule has 0 unspecified atom stereocenters. The number of hydrogen-bond donors (Lipinski definition) is 0. The van der Waals surface area contributed by atoms with Crippen molar-refractivity contribution in [1.82, 2.24) is 9.80 Å². The number of nitro groups is 1. The number of methoxy groups -OCH3 is 1. The summed E-state index contributed by atoms with van der Waals surface area (Å²) in [5, 5.41) is 11.1. The number of aryl methyl sites for hydroxylation is 1. The minimum Gasteiger partial charge on any atom is -0.497 e. The van der Waals surface area contributed by atoms with Crippen LogP contribution in [0.1, 0.15) is 12.0 Å². The van der Waals surface area contributed by atoms with Crippen molar-refractivity contribution < 1.29 is 9.66 Å². The molecule has 116 valence electrons. The molecule has 1 aromatic rings. The van der Waals surface area contributed by atoms with Gasteiger partial charge in [0, 0.05) is 37.8 Å². The molecule has 1 aliphatic heterocycles. The Balaban J connectivity index is 1.91. The third-order valence-corrected chi connectivity index (χ3v) is 4.00. The quantitative estimate of drug-likeness (QED) is 0.591. The lowest BCUT2D eigenvalue weighted by Crippen LogP contribution is -2.44. The van der Waals surface area contributed by atoms with E-state index >= 15 is 0 Å². The number of piperazine rings is 1. The van der Waals surface area contributed by atoms with Gasteiger partial charge in [-0.3, -0.25) is 10.1 Å². The molecule has 6 nitrogen and oxygen atoms in total. The number of nitro benzene ring substituents is 1. The second-order valence-electron chi connectivity index (χ2n) is 5.50. The van der Waals surface area contributed by atoms with E-state index in [1.54, 1.807) is 19.2 Å². The second-order valence-corrected chi connectivity index (χ2v) is 5.50. The molecule has 1 heterocycles. The molecular weight excluding hydrogens is 270 g/mol. The Morgan fingerprint density at radius 2 is 2.00 bits per heavy atom. The fraction of sp³-hybridized carbons (Fsp3) is 0.600. The van der Waals surface area contributed by atoms with E-state index in [9.17, 15) is 10.1 Å². The Labute approximate surface area is 125 Å². The predicted octanol–water partition coefficient (Wildman–Crippen LogP) is 1.78. The van der Waals surface area contributed by atoms with Crippen LogP contribution in [0, 0.1) is 10.1 Å². The average molecular weight is 293 g/mol. The van der Waals surface area contributed by atoms with Crippen molar-refractivity contribution in [2.24, 2.45) is 0 Å². The molecule has 1 aromatic carbocycles. The van der Waals surface area contributed by atoms with Gasteiger partial charge in [-0.2, -0.15) is 0 Å². The van der Waals surface area contributed by atoms with Crippen molar-refractivity contribution in [3.05, 3.63) is 33.9 Å². The van der Waals surface area contributed by atoms with Crippen LogP contribution < -0.4 is 4.74 Å². The Hall–Kier alpha value is -1.66. The van der Waals surface area contributed by atoms with E-state index in [0.29, 0.717) is 12.2 Å². The van der Waals surface area contributed by atoms with E-state index < -0.39 is 0 Å². The molecule has 1 saturated heterocycles. The van der Waals surface area contributed by atoms with Crippen LogP contribution in [0.2, 0.25) is 0 Å². The van der Waals surface area contributed by atoms with Crippen LogP contribution in [-0.4, -0.2) is 61.6 Å². The monoisotopic (exact) mass is 293 g/mol. The molecule has 0 bridgehead atoms. The minimum atomic E-state index is -0.315. The number of likely N-dealkylation sites (N-methyl/N-ethyl adjacent to an activating group) is 1. The highest BCUT2D eigenvalue weighted by Gasteiger charge is 2.16. The lowest BCUT2D eigenvalue weighted by molar-refractivity contribution is -0.385. The Morgan fingerprint density at radius 1 is 1.29 bits per heavy atom. The number of benzene rings is 1. The van der Waals surface area contributed by atoms with Crippen LogP contribution in [0.15, 0.2) is 18.2 Å². The molecule has 0 spiro atoms. The summed E-state index contributed by atoms with van der Waals surface area (Å²) in [4.78, 5) is 15.5. The van der Waals surface area contributed by atoms with E-state index in [2.05, 4.69) is 16.8 Å². The highest BCUT2D eigenvalue weighted by molar-refractivity contribution is 5.45. The SMILES string of the molecule is COc1ccc([N+](=O)[O-])c(CCCN2CCN(C)CC2)c1. The summed E-state index contributed by atoms with van der Waals surface area (Å²) in [6.07, 6.45) is 1.64. The van der Waals surface area contributed by atoms with Crippen molar-refractivity contribution in [1.29, 1.82) is 0 Å². The van der Waals surface area contributed by atoms with Gasteiger partial charge in [0.2, 0.25) is 0 Å². The Kier molecular flexibility index (Phi) is 5.52. The molecule has 21 heavy (non-hydrogen) atoms. The topological polar surface area (TPSA) is 58.9 Å².